The number of esters is 1. The maximum absolute atomic E-state index is 11.3. The largest absolute Gasteiger partial charge is 0.467 e. The fourth-order valence-corrected chi connectivity index (χ4v) is 2.61. The Morgan fingerprint density at radius 2 is 1.71 bits per heavy atom. The van der Waals surface area contributed by atoms with Crippen molar-refractivity contribution in [2.24, 2.45) is 0 Å². The number of methoxy groups -OCH3 is 1. The SMILES string of the molecule is COC(=O)C(O)c1ccc(N2CCN(C(C)C)CC2)cc1. The van der Waals surface area contributed by atoms with E-state index in [1.54, 1.807) is 12.1 Å². The molecule has 1 heterocycles. The van der Waals surface area contributed by atoms with Crippen LogP contribution in [-0.2, 0) is 9.53 Å². The molecule has 0 amide bonds. The van der Waals surface area contributed by atoms with Crippen molar-refractivity contribution in [3.63, 3.8) is 0 Å². The number of rotatable bonds is 4. The van der Waals surface area contributed by atoms with Crippen LogP contribution in [0.4, 0.5) is 5.69 Å². The summed E-state index contributed by atoms with van der Waals surface area (Å²) in [5.41, 5.74) is 1.69. The molecule has 2 rings (SSSR count). The maximum atomic E-state index is 11.3. The first-order valence-corrected chi connectivity index (χ1v) is 7.37. The maximum Gasteiger partial charge on any atom is 0.339 e. The van der Waals surface area contributed by atoms with Gasteiger partial charge in [0.05, 0.1) is 7.11 Å². The zero-order valence-electron chi connectivity index (χ0n) is 13.0. The van der Waals surface area contributed by atoms with E-state index in [2.05, 4.69) is 28.4 Å². The molecule has 1 aromatic carbocycles. The number of carbonyl (C=O) groups is 1. The monoisotopic (exact) mass is 292 g/mol. The quantitative estimate of drug-likeness (QED) is 0.851. The summed E-state index contributed by atoms with van der Waals surface area (Å²) >= 11 is 0. The van der Waals surface area contributed by atoms with Gasteiger partial charge >= 0.3 is 5.97 Å². The summed E-state index contributed by atoms with van der Waals surface area (Å²) in [6.45, 7) is 8.56. The molecule has 0 aliphatic carbocycles. The Morgan fingerprint density at radius 3 is 2.19 bits per heavy atom. The van der Waals surface area contributed by atoms with E-state index in [1.807, 2.05) is 12.1 Å². The van der Waals surface area contributed by atoms with Crippen molar-refractivity contribution in [2.75, 3.05) is 38.2 Å². The van der Waals surface area contributed by atoms with E-state index < -0.39 is 12.1 Å². The minimum atomic E-state index is -1.21. The van der Waals surface area contributed by atoms with Gasteiger partial charge in [0.15, 0.2) is 6.10 Å². The lowest BCUT2D eigenvalue weighted by Gasteiger charge is -2.38. The van der Waals surface area contributed by atoms with Crippen molar-refractivity contribution in [3.8, 4) is 0 Å². The molecule has 1 atom stereocenters. The van der Waals surface area contributed by atoms with Gasteiger partial charge in [-0.3, -0.25) is 4.90 Å². The molecular weight excluding hydrogens is 268 g/mol. The van der Waals surface area contributed by atoms with Crippen LogP contribution in [-0.4, -0.2) is 55.3 Å². The number of ether oxygens (including phenoxy) is 1. The smallest absolute Gasteiger partial charge is 0.339 e. The van der Waals surface area contributed by atoms with Crippen LogP contribution >= 0.6 is 0 Å². The van der Waals surface area contributed by atoms with Crippen LogP contribution in [0.1, 0.15) is 25.5 Å². The van der Waals surface area contributed by atoms with Gasteiger partial charge in [-0.2, -0.15) is 0 Å². The summed E-state index contributed by atoms with van der Waals surface area (Å²) in [6.07, 6.45) is -1.21. The Balaban J connectivity index is 1.98. The number of nitrogens with zero attached hydrogens (tertiary/aromatic N) is 2. The lowest BCUT2D eigenvalue weighted by molar-refractivity contribution is -0.150. The third-order valence-corrected chi connectivity index (χ3v) is 4.04. The first kappa shape index (κ1) is 15.8. The second-order valence-electron chi connectivity index (χ2n) is 5.63. The molecule has 0 saturated carbocycles. The van der Waals surface area contributed by atoms with Crippen molar-refractivity contribution in [1.29, 1.82) is 0 Å². The lowest BCUT2D eigenvalue weighted by Crippen LogP contribution is -2.48. The van der Waals surface area contributed by atoms with Crippen LogP contribution < -0.4 is 4.90 Å². The lowest BCUT2D eigenvalue weighted by atomic mass is 10.1. The molecule has 1 aromatic rings. The number of carbonyl (C=O) groups excluding carboxylic acids is 1. The van der Waals surface area contributed by atoms with Crippen LogP contribution in [0.25, 0.3) is 0 Å². The van der Waals surface area contributed by atoms with E-state index in [0.717, 1.165) is 31.9 Å². The minimum Gasteiger partial charge on any atom is -0.467 e. The normalized spacial score (nSPS) is 17.9. The average molecular weight is 292 g/mol. The molecule has 5 nitrogen and oxygen atoms in total. The molecule has 1 unspecified atom stereocenters. The van der Waals surface area contributed by atoms with Gasteiger partial charge in [0.2, 0.25) is 0 Å². The number of benzene rings is 1. The number of aliphatic hydroxyl groups excluding tert-OH is 1. The zero-order chi connectivity index (χ0) is 15.4. The molecule has 0 bridgehead atoms. The van der Waals surface area contributed by atoms with Gasteiger partial charge in [0.1, 0.15) is 0 Å². The molecule has 1 fully saturated rings. The molecule has 1 aliphatic heterocycles. The van der Waals surface area contributed by atoms with Crippen molar-refractivity contribution in [2.45, 2.75) is 26.0 Å². The van der Waals surface area contributed by atoms with Gasteiger partial charge in [-0.05, 0) is 31.5 Å². The first-order chi connectivity index (χ1) is 10.0. The number of aliphatic hydroxyl groups is 1. The van der Waals surface area contributed by atoms with Gasteiger partial charge in [0.25, 0.3) is 0 Å². The van der Waals surface area contributed by atoms with Gasteiger partial charge in [-0.25, -0.2) is 4.79 Å². The van der Waals surface area contributed by atoms with Gasteiger partial charge in [0, 0.05) is 37.9 Å². The molecule has 0 aromatic heterocycles. The van der Waals surface area contributed by atoms with Gasteiger partial charge in [-0.15, -0.1) is 0 Å². The summed E-state index contributed by atoms with van der Waals surface area (Å²) in [7, 11) is 1.27. The van der Waals surface area contributed by atoms with Gasteiger partial charge < -0.3 is 14.7 Å². The van der Waals surface area contributed by atoms with E-state index >= 15 is 0 Å². The molecule has 21 heavy (non-hydrogen) atoms. The summed E-state index contributed by atoms with van der Waals surface area (Å²) < 4.78 is 4.54. The molecule has 116 valence electrons. The number of hydrogen-bond acceptors (Lipinski definition) is 5. The third kappa shape index (κ3) is 3.74. The van der Waals surface area contributed by atoms with Crippen molar-refractivity contribution < 1.29 is 14.6 Å². The molecule has 1 aliphatic rings. The number of anilines is 1. The zero-order valence-corrected chi connectivity index (χ0v) is 13.0. The Kier molecular flexibility index (Phi) is 5.20. The van der Waals surface area contributed by atoms with Crippen molar-refractivity contribution >= 4 is 11.7 Å². The summed E-state index contributed by atoms with van der Waals surface area (Å²) in [6, 6.07) is 8.06. The Morgan fingerprint density at radius 1 is 1.14 bits per heavy atom. The van der Waals surface area contributed by atoms with Crippen LogP contribution in [0.15, 0.2) is 24.3 Å². The molecule has 0 spiro atoms. The third-order valence-electron chi connectivity index (χ3n) is 4.04. The van der Waals surface area contributed by atoms with Crippen molar-refractivity contribution in [1.82, 2.24) is 4.90 Å². The Labute approximate surface area is 126 Å². The Bertz CT molecular complexity index is 465. The van der Waals surface area contributed by atoms with Crippen LogP contribution in [0.2, 0.25) is 0 Å². The topological polar surface area (TPSA) is 53.0 Å². The van der Waals surface area contributed by atoms with Crippen LogP contribution in [0.3, 0.4) is 0 Å². The highest BCUT2D eigenvalue weighted by molar-refractivity contribution is 5.76. The predicted octanol–water partition coefficient (Wildman–Crippen LogP) is 1.42. The molecule has 1 N–H and O–H groups in total. The standard InChI is InChI=1S/C16H24N2O3/c1-12(2)17-8-10-18(11-9-17)14-6-4-13(5-7-14)15(19)16(20)21-3/h4-7,12,15,19H,8-11H2,1-3H3. The van der Waals surface area contributed by atoms with E-state index in [1.165, 1.54) is 7.11 Å². The molecular formula is C16H24N2O3. The minimum absolute atomic E-state index is 0.561. The Hall–Kier alpha value is -1.59. The molecule has 1 saturated heterocycles. The molecule has 0 radical (unpaired) electrons. The van der Waals surface area contributed by atoms with E-state index in [4.69, 9.17) is 0 Å². The highest BCUT2D eigenvalue weighted by Crippen LogP contribution is 2.21. The fourth-order valence-electron chi connectivity index (χ4n) is 2.61. The second-order valence-corrected chi connectivity index (χ2v) is 5.63. The van der Waals surface area contributed by atoms with Gasteiger partial charge in [-0.1, -0.05) is 12.1 Å². The highest BCUT2D eigenvalue weighted by Gasteiger charge is 2.20. The average Bonchev–Trinajstić information content (AvgIpc) is 2.53. The predicted molar refractivity (Wildman–Crippen MR) is 82.3 cm³/mol. The van der Waals surface area contributed by atoms with Crippen molar-refractivity contribution in [3.05, 3.63) is 29.8 Å². The summed E-state index contributed by atoms with van der Waals surface area (Å²) in [5.74, 6) is -0.631. The second kappa shape index (κ2) is 6.91. The van der Waals surface area contributed by atoms with E-state index in [-0.39, 0.29) is 0 Å². The van der Waals surface area contributed by atoms with Crippen LogP contribution in [0.5, 0.6) is 0 Å². The van der Waals surface area contributed by atoms with E-state index in [0.29, 0.717) is 11.6 Å². The number of piperazine rings is 1. The fraction of sp³-hybridized carbons (Fsp3) is 0.562. The van der Waals surface area contributed by atoms with E-state index in [9.17, 15) is 9.90 Å². The van der Waals surface area contributed by atoms with Crippen LogP contribution in [0, 0.1) is 0 Å². The highest BCUT2D eigenvalue weighted by atomic mass is 16.5. The first-order valence-electron chi connectivity index (χ1n) is 7.37. The number of hydrogen-bond donors (Lipinski definition) is 1. The summed E-state index contributed by atoms with van der Waals surface area (Å²) in [5, 5.41) is 9.79. The summed E-state index contributed by atoms with van der Waals surface area (Å²) in [4.78, 5) is 16.1. The molecule has 5 heteroatoms.